The van der Waals surface area contributed by atoms with Crippen LogP contribution in [0.5, 0.6) is 0 Å². The van der Waals surface area contributed by atoms with E-state index in [4.69, 9.17) is 0 Å². The lowest BCUT2D eigenvalue weighted by atomic mass is 9.98. The first-order valence-electron chi connectivity index (χ1n) is 6.03. The number of benzene rings is 2. The van der Waals surface area contributed by atoms with Crippen LogP contribution in [0.15, 0.2) is 59.2 Å². The van der Waals surface area contributed by atoms with Gasteiger partial charge in [-0.15, -0.1) is 0 Å². The molecule has 0 fully saturated rings. The van der Waals surface area contributed by atoms with Gasteiger partial charge in [-0.25, -0.2) is 4.79 Å². The number of carboxylic acid groups (broad SMARTS) is 1. The lowest BCUT2D eigenvalue weighted by Gasteiger charge is -2.08. The Kier molecular flexibility index (Phi) is 3.24. The van der Waals surface area contributed by atoms with Crippen LogP contribution in [0.3, 0.4) is 0 Å². The minimum Gasteiger partial charge on any atom is -0.478 e. The number of carboxylic acids is 1. The largest absolute Gasteiger partial charge is 0.478 e. The maximum absolute atomic E-state index is 11.4. The third-order valence-corrected chi connectivity index (χ3v) is 3.62. The zero-order chi connectivity index (χ0) is 14.1. The number of nitrogens with zero attached hydrogens (tertiary/aromatic N) is 1. The molecule has 4 heteroatoms. The van der Waals surface area contributed by atoms with Gasteiger partial charge in [0, 0.05) is 16.1 Å². The molecule has 0 atom stereocenters. The predicted molar refractivity (Wildman–Crippen MR) is 81.8 cm³/mol. The Bertz CT molecular complexity index is 814. The van der Waals surface area contributed by atoms with E-state index in [1.807, 2.05) is 42.5 Å². The van der Waals surface area contributed by atoms with Gasteiger partial charge in [0.25, 0.3) is 0 Å². The van der Waals surface area contributed by atoms with Crippen molar-refractivity contribution in [3.63, 3.8) is 0 Å². The molecule has 20 heavy (non-hydrogen) atoms. The Morgan fingerprint density at radius 1 is 1.10 bits per heavy atom. The van der Waals surface area contributed by atoms with Gasteiger partial charge >= 0.3 is 5.97 Å². The van der Waals surface area contributed by atoms with Crippen molar-refractivity contribution < 1.29 is 9.90 Å². The maximum Gasteiger partial charge on any atom is 0.336 e. The number of aromatic carboxylic acids is 1. The normalized spacial score (nSPS) is 10.7. The molecule has 3 aromatic rings. The highest BCUT2D eigenvalue weighted by molar-refractivity contribution is 9.10. The SMILES string of the molecule is O=C(O)c1cc(Br)ccc1-c1ccc2ncccc2c1. The number of fused-ring (bicyclic) bond motifs is 1. The van der Waals surface area contributed by atoms with Crippen molar-refractivity contribution in [1.82, 2.24) is 4.98 Å². The number of pyridine rings is 1. The van der Waals surface area contributed by atoms with Crippen molar-refractivity contribution in [2.24, 2.45) is 0 Å². The molecule has 0 bridgehead atoms. The van der Waals surface area contributed by atoms with Gasteiger partial charge in [-0.2, -0.15) is 0 Å². The Hall–Kier alpha value is -2.20. The highest BCUT2D eigenvalue weighted by Crippen LogP contribution is 2.28. The molecule has 1 aromatic heterocycles. The van der Waals surface area contributed by atoms with E-state index in [0.717, 1.165) is 20.9 Å². The van der Waals surface area contributed by atoms with Crippen molar-refractivity contribution >= 4 is 32.8 Å². The third kappa shape index (κ3) is 2.30. The number of halogens is 1. The van der Waals surface area contributed by atoms with Crippen LogP contribution in [-0.4, -0.2) is 16.1 Å². The molecule has 3 rings (SSSR count). The Morgan fingerprint density at radius 2 is 1.95 bits per heavy atom. The standard InChI is InChI=1S/C16H10BrNO2/c17-12-4-5-13(14(9-12)16(19)20)10-3-6-15-11(8-10)2-1-7-18-15/h1-9H,(H,19,20). The molecule has 0 radical (unpaired) electrons. The topological polar surface area (TPSA) is 50.2 Å². The minimum absolute atomic E-state index is 0.280. The first kappa shape index (κ1) is 12.8. The zero-order valence-corrected chi connectivity index (χ0v) is 12.0. The number of hydrogen-bond acceptors (Lipinski definition) is 2. The highest BCUT2D eigenvalue weighted by atomic mass is 79.9. The molecular formula is C16H10BrNO2. The van der Waals surface area contributed by atoms with Gasteiger partial charge in [-0.3, -0.25) is 4.98 Å². The summed E-state index contributed by atoms with van der Waals surface area (Å²) in [6.07, 6.45) is 1.74. The number of carbonyl (C=O) groups is 1. The fourth-order valence-electron chi connectivity index (χ4n) is 2.19. The van der Waals surface area contributed by atoms with Crippen LogP contribution >= 0.6 is 15.9 Å². The molecular weight excluding hydrogens is 318 g/mol. The Labute approximate surface area is 124 Å². The molecule has 0 unspecified atom stereocenters. The number of rotatable bonds is 2. The summed E-state index contributed by atoms with van der Waals surface area (Å²) < 4.78 is 0.751. The Balaban J connectivity index is 2.22. The molecule has 0 aliphatic carbocycles. The summed E-state index contributed by atoms with van der Waals surface area (Å²) in [5.41, 5.74) is 2.75. The van der Waals surface area contributed by atoms with Gasteiger partial charge in [-0.05, 0) is 41.5 Å². The first-order chi connectivity index (χ1) is 9.65. The summed E-state index contributed by atoms with van der Waals surface area (Å²) in [6, 6.07) is 14.9. The van der Waals surface area contributed by atoms with Gasteiger partial charge in [0.15, 0.2) is 0 Å². The third-order valence-electron chi connectivity index (χ3n) is 3.13. The van der Waals surface area contributed by atoms with Crippen LogP contribution in [0.2, 0.25) is 0 Å². The molecule has 98 valence electrons. The number of aromatic nitrogens is 1. The molecule has 0 amide bonds. The van der Waals surface area contributed by atoms with E-state index >= 15 is 0 Å². The molecule has 0 spiro atoms. The van der Waals surface area contributed by atoms with Crippen molar-refractivity contribution in [1.29, 1.82) is 0 Å². The second-order valence-corrected chi connectivity index (χ2v) is 5.32. The average molecular weight is 328 g/mol. The predicted octanol–water partition coefficient (Wildman–Crippen LogP) is 4.36. The van der Waals surface area contributed by atoms with E-state index in [2.05, 4.69) is 20.9 Å². The average Bonchev–Trinajstić information content (AvgIpc) is 2.46. The first-order valence-corrected chi connectivity index (χ1v) is 6.82. The van der Waals surface area contributed by atoms with Gasteiger partial charge in [0.2, 0.25) is 0 Å². The van der Waals surface area contributed by atoms with Gasteiger partial charge < -0.3 is 5.11 Å². The van der Waals surface area contributed by atoms with Crippen molar-refractivity contribution in [2.45, 2.75) is 0 Å². The Morgan fingerprint density at radius 3 is 2.75 bits per heavy atom. The number of hydrogen-bond donors (Lipinski definition) is 1. The molecule has 0 saturated heterocycles. The summed E-state index contributed by atoms with van der Waals surface area (Å²) in [7, 11) is 0. The van der Waals surface area contributed by atoms with Gasteiger partial charge in [0.1, 0.15) is 0 Å². The summed E-state index contributed by atoms with van der Waals surface area (Å²) in [4.78, 5) is 15.6. The van der Waals surface area contributed by atoms with Gasteiger partial charge in [-0.1, -0.05) is 34.1 Å². The van der Waals surface area contributed by atoms with Crippen molar-refractivity contribution in [3.05, 3.63) is 64.8 Å². The molecule has 2 aromatic carbocycles. The van der Waals surface area contributed by atoms with E-state index in [-0.39, 0.29) is 5.56 Å². The van der Waals surface area contributed by atoms with Crippen molar-refractivity contribution in [2.75, 3.05) is 0 Å². The quantitative estimate of drug-likeness (QED) is 0.760. The van der Waals surface area contributed by atoms with Crippen LogP contribution in [0.4, 0.5) is 0 Å². The molecule has 3 nitrogen and oxygen atoms in total. The van der Waals surface area contributed by atoms with Crippen LogP contribution in [0.1, 0.15) is 10.4 Å². The van der Waals surface area contributed by atoms with E-state index in [1.54, 1.807) is 12.3 Å². The molecule has 1 heterocycles. The summed E-state index contributed by atoms with van der Waals surface area (Å²) >= 11 is 3.30. The van der Waals surface area contributed by atoms with Crippen LogP contribution in [-0.2, 0) is 0 Å². The molecule has 0 aliphatic rings. The zero-order valence-electron chi connectivity index (χ0n) is 10.4. The second kappa shape index (κ2) is 5.06. The van der Waals surface area contributed by atoms with E-state index in [1.165, 1.54) is 0 Å². The van der Waals surface area contributed by atoms with Crippen LogP contribution in [0.25, 0.3) is 22.0 Å². The summed E-state index contributed by atoms with van der Waals surface area (Å²) in [5.74, 6) is -0.937. The van der Waals surface area contributed by atoms with Crippen LogP contribution < -0.4 is 0 Å². The second-order valence-electron chi connectivity index (χ2n) is 4.41. The monoisotopic (exact) mass is 327 g/mol. The fraction of sp³-hybridized carbons (Fsp3) is 0. The van der Waals surface area contributed by atoms with E-state index in [9.17, 15) is 9.90 Å². The van der Waals surface area contributed by atoms with E-state index < -0.39 is 5.97 Å². The minimum atomic E-state index is -0.937. The van der Waals surface area contributed by atoms with Crippen LogP contribution in [0, 0.1) is 0 Å². The molecule has 1 N–H and O–H groups in total. The highest BCUT2D eigenvalue weighted by Gasteiger charge is 2.12. The van der Waals surface area contributed by atoms with E-state index in [0.29, 0.717) is 5.56 Å². The smallest absolute Gasteiger partial charge is 0.336 e. The van der Waals surface area contributed by atoms with Crippen molar-refractivity contribution in [3.8, 4) is 11.1 Å². The van der Waals surface area contributed by atoms with Gasteiger partial charge in [0.05, 0.1) is 11.1 Å². The lowest BCUT2D eigenvalue weighted by Crippen LogP contribution is -1.99. The fourth-order valence-corrected chi connectivity index (χ4v) is 2.55. The molecule has 0 aliphatic heterocycles. The summed E-state index contributed by atoms with van der Waals surface area (Å²) in [6.45, 7) is 0. The summed E-state index contributed by atoms with van der Waals surface area (Å²) in [5, 5.41) is 10.3. The lowest BCUT2D eigenvalue weighted by molar-refractivity contribution is 0.0697. The molecule has 0 saturated carbocycles. The maximum atomic E-state index is 11.4.